The van der Waals surface area contributed by atoms with Crippen molar-refractivity contribution in [1.82, 2.24) is 9.97 Å². The molecule has 2 aromatic rings. The van der Waals surface area contributed by atoms with Gasteiger partial charge >= 0.3 is 35.1 Å². The third kappa shape index (κ3) is 4.83. The zero-order valence-corrected chi connectivity index (χ0v) is 11.9. The summed E-state index contributed by atoms with van der Waals surface area (Å²) in [6, 6.07) is 11.6. The molecular weight excluding hydrogens is 393 g/mol. The summed E-state index contributed by atoms with van der Waals surface area (Å²) in [5, 5.41) is 0. The van der Waals surface area contributed by atoms with E-state index in [0.29, 0.717) is 0 Å². The molecule has 0 radical (unpaired) electrons. The second kappa shape index (κ2) is 8.96. The van der Waals surface area contributed by atoms with Crippen molar-refractivity contribution in [2.75, 3.05) is 0 Å². The first kappa shape index (κ1) is 14.7. The maximum atomic E-state index is 4.19. The Kier molecular flexibility index (Phi) is 8.77. The van der Waals surface area contributed by atoms with Gasteiger partial charge in [-0.1, -0.05) is 12.1 Å². The summed E-state index contributed by atoms with van der Waals surface area (Å²) in [5.74, 6) is 0. The average Bonchev–Trinajstić information content (AvgIpc) is 2.34. The quantitative estimate of drug-likeness (QED) is 0.413. The predicted molar refractivity (Wildman–Crippen MR) is 67.9 cm³/mol. The van der Waals surface area contributed by atoms with Crippen LogP contribution in [0.2, 0.25) is 0 Å². The number of aromatic nitrogens is 2. The maximum absolute atomic E-state index is 4.19. The van der Waals surface area contributed by atoms with E-state index in [1.807, 2.05) is 55.9 Å². The Bertz CT molecular complexity index is 316. The summed E-state index contributed by atoms with van der Waals surface area (Å²) in [7, 11) is 0. The Morgan fingerprint density at radius 1 is 0.800 bits per heavy atom. The molecule has 4 heteroatoms. The van der Waals surface area contributed by atoms with Gasteiger partial charge in [-0.2, -0.15) is 0 Å². The summed E-state index contributed by atoms with van der Waals surface area (Å²) >= 11 is 4.72. The van der Waals surface area contributed by atoms with E-state index in [9.17, 15) is 0 Å². The van der Waals surface area contributed by atoms with Gasteiger partial charge < -0.3 is 7.43 Å². The Balaban J connectivity index is 0.000000617. The number of pyridine rings is 2. The third-order valence-electron chi connectivity index (χ3n) is 1.59. The Labute approximate surface area is 112 Å². The van der Waals surface area contributed by atoms with Crippen molar-refractivity contribution >= 4 is 19.5 Å². The van der Waals surface area contributed by atoms with Gasteiger partial charge in [0.15, 0.2) is 0 Å². The molecule has 15 heavy (non-hydrogen) atoms. The molecule has 2 heterocycles. The molecule has 0 aliphatic carbocycles. The molecule has 0 saturated heterocycles. The first-order valence-corrected chi connectivity index (χ1v) is 8.53. The van der Waals surface area contributed by atoms with E-state index in [-0.39, 0.29) is 7.43 Å². The van der Waals surface area contributed by atoms with E-state index in [1.165, 1.54) is 0 Å². The van der Waals surface area contributed by atoms with E-state index in [1.54, 1.807) is 12.4 Å². The molecule has 0 atom stereocenters. The van der Waals surface area contributed by atoms with Crippen molar-refractivity contribution in [3.63, 3.8) is 0 Å². The molecule has 0 N–H and O–H groups in total. The van der Waals surface area contributed by atoms with E-state index in [2.05, 4.69) is 25.6 Å². The minimum atomic E-state index is 0. The summed E-state index contributed by atoms with van der Waals surface area (Å²) in [5.41, 5.74) is 1.83. The minimum Gasteiger partial charge on any atom is -0.255 e. The SMILES string of the molecule is [CH3-].[Pd+][I].c1ccc(-c2ccccn2)nc1. The average molecular weight is 405 g/mol. The molecule has 0 amide bonds. The second-order valence-corrected chi connectivity index (χ2v) is 2.43. The molecule has 0 aliphatic heterocycles. The van der Waals surface area contributed by atoms with Gasteiger partial charge in [-0.05, 0) is 24.3 Å². The number of halogens is 1. The van der Waals surface area contributed by atoms with Crippen LogP contribution in [0, 0.1) is 7.43 Å². The predicted octanol–water partition coefficient (Wildman–Crippen LogP) is 3.48. The molecule has 2 aromatic heterocycles. The second-order valence-electron chi connectivity index (χ2n) is 2.43. The number of hydrogen-bond acceptors (Lipinski definition) is 2. The molecule has 2 rings (SSSR count). The van der Waals surface area contributed by atoms with Crippen molar-refractivity contribution in [3.8, 4) is 11.4 Å². The van der Waals surface area contributed by atoms with E-state index < -0.39 is 0 Å². The van der Waals surface area contributed by atoms with E-state index in [0.717, 1.165) is 11.4 Å². The van der Waals surface area contributed by atoms with Crippen LogP contribution in [-0.2, 0) is 15.6 Å². The van der Waals surface area contributed by atoms with Crippen LogP contribution in [0.3, 0.4) is 0 Å². The van der Waals surface area contributed by atoms with Crippen LogP contribution in [0.4, 0.5) is 0 Å². The fourth-order valence-electron chi connectivity index (χ4n) is 1.03. The molecule has 0 aromatic carbocycles. The zero-order chi connectivity index (χ0) is 10.2. The van der Waals surface area contributed by atoms with Crippen LogP contribution >= 0.6 is 19.5 Å². The summed E-state index contributed by atoms with van der Waals surface area (Å²) in [6.07, 6.45) is 3.54. The van der Waals surface area contributed by atoms with Gasteiger partial charge in [-0.15, -0.1) is 0 Å². The van der Waals surface area contributed by atoms with Crippen LogP contribution in [0.25, 0.3) is 11.4 Å². The third-order valence-corrected chi connectivity index (χ3v) is 1.59. The van der Waals surface area contributed by atoms with Gasteiger partial charge in [0.2, 0.25) is 0 Å². The Morgan fingerprint density at radius 3 is 1.47 bits per heavy atom. The van der Waals surface area contributed by atoms with Gasteiger partial charge in [0, 0.05) is 12.4 Å². The van der Waals surface area contributed by atoms with Crippen molar-refractivity contribution in [3.05, 3.63) is 56.2 Å². The topological polar surface area (TPSA) is 25.8 Å². The van der Waals surface area contributed by atoms with Crippen LogP contribution in [0.1, 0.15) is 0 Å². The van der Waals surface area contributed by atoms with Crippen LogP contribution in [0.15, 0.2) is 48.8 Å². The number of nitrogens with zero attached hydrogens (tertiary/aromatic N) is 2. The Morgan fingerprint density at radius 2 is 1.20 bits per heavy atom. The molecule has 0 aliphatic rings. The molecule has 0 bridgehead atoms. The van der Waals surface area contributed by atoms with Gasteiger partial charge in [0.25, 0.3) is 0 Å². The van der Waals surface area contributed by atoms with Gasteiger partial charge in [0.05, 0.1) is 11.4 Å². The first-order valence-electron chi connectivity index (χ1n) is 3.91. The monoisotopic (exact) mass is 404 g/mol. The molecule has 82 valence electrons. The van der Waals surface area contributed by atoms with Crippen molar-refractivity contribution in [2.24, 2.45) is 0 Å². The molecule has 0 unspecified atom stereocenters. The summed E-state index contributed by atoms with van der Waals surface area (Å²) in [6.45, 7) is 0. The smallest absolute Gasteiger partial charge is 0.0886 e. The van der Waals surface area contributed by atoms with Gasteiger partial charge in [-0.3, -0.25) is 9.97 Å². The van der Waals surface area contributed by atoms with Gasteiger partial charge in [0.1, 0.15) is 0 Å². The molecule has 0 saturated carbocycles. The standard InChI is InChI=1S/C10H8N2.CH3.HI.Pd/c1-3-7-11-9(5-1)10-6-2-4-8-12-10;;;/h1-8H;1H3;1H;/q;-1;;+2/p-1. The molecule has 2 nitrogen and oxygen atoms in total. The molecule has 0 fully saturated rings. The van der Waals surface area contributed by atoms with Crippen molar-refractivity contribution in [1.29, 1.82) is 0 Å². The number of rotatable bonds is 1. The van der Waals surface area contributed by atoms with Crippen molar-refractivity contribution in [2.45, 2.75) is 0 Å². The fourth-order valence-corrected chi connectivity index (χ4v) is 1.03. The van der Waals surface area contributed by atoms with Gasteiger partial charge in [-0.25, -0.2) is 0 Å². The fraction of sp³-hybridized carbons (Fsp3) is 0. The minimum absolute atomic E-state index is 0. The maximum Gasteiger partial charge on any atom is 0.0886 e. The summed E-state index contributed by atoms with van der Waals surface area (Å²) < 4.78 is 0. The van der Waals surface area contributed by atoms with Crippen LogP contribution < -0.4 is 0 Å². The van der Waals surface area contributed by atoms with Crippen LogP contribution in [-0.4, -0.2) is 9.97 Å². The molecule has 0 spiro atoms. The number of hydrogen-bond donors (Lipinski definition) is 0. The van der Waals surface area contributed by atoms with Crippen LogP contribution in [0.5, 0.6) is 0 Å². The van der Waals surface area contributed by atoms with E-state index >= 15 is 0 Å². The normalized spacial score (nSPS) is 8.20. The molecular formula is C11H11IN2Pd. The first-order chi connectivity index (χ1) is 6.97. The Hall–Kier alpha value is -0.308. The largest absolute Gasteiger partial charge is 0.255 e. The summed E-state index contributed by atoms with van der Waals surface area (Å²) in [4.78, 5) is 8.37. The van der Waals surface area contributed by atoms with Crippen molar-refractivity contribution < 1.29 is 15.6 Å². The van der Waals surface area contributed by atoms with E-state index in [4.69, 9.17) is 0 Å². The zero-order valence-electron chi connectivity index (χ0n) is 8.21.